The van der Waals surface area contributed by atoms with Crippen molar-refractivity contribution < 1.29 is 4.74 Å². The van der Waals surface area contributed by atoms with Gasteiger partial charge in [-0.05, 0) is 77.9 Å². The molecule has 0 unspecified atom stereocenters. The number of benzene rings is 2. The van der Waals surface area contributed by atoms with Gasteiger partial charge in [-0.3, -0.25) is 4.99 Å². The van der Waals surface area contributed by atoms with Crippen LogP contribution in [0, 0.1) is 3.57 Å². The van der Waals surface area contributed by atoms with E-state index in [4.69, 9.17) is 16.3 Å². The number of rotatable bonds is 5. The summed E-state index contributed by atoms with van der Waals surface area (Å²) in [5.74, 6) is 0.720. The number of nitrogens with zero attached hydrogens (tertiary/aromatic N) is 1. The fourth-order valence-electron chi connectivity index (χ4n) is 1.70. The van der Waals surface area contributed by atoms with E-state index in [0.717, 1.165) is 27.0 Å². The Balaban J connectivity index is 2.13. The molecule has 4 heteroatoms. The highest BCUT2D eigenvalue weighted by atomic mass is 127. The molecule has 0 amide bonds. The second-order valence-electron chi connectivity index (χ2n) is 4.76. The highest BCUT2D eigenvalue weighted by Gasteiger charge is 2.06. The van der Waals surface area contributed by atoms with E-state index in [0.29, 0.717) is 5.02 Å². The molecule has 0 N–H and O–H groups in total. The largest absolute Gasteiger partial charge is 0.489 e. The molecule has 2 rings (SSSR count). The summed E-state index contributed by atoms with van der Waals surface area (Å²) in [4.78, 5) is 4.46. The third-order valence-corrected chi connectivity index (χ3v) is 4.00. The standard InChI is InChI=1S/C17H17ClINO/c1-3-12(2)21-17-8-7-13(9-16(17)18)11-20-15-6-4-5-14(19)10-15/h4-12H,3H2,1-2H3/t12-/m0/s1. The molecule has 2 aromatic rings. The first-order valence-electron chi connectivity index (χ1n) is 6.84. The van der Waals surface area contributed by atoms with Crippen LogP contribution in [-0.4, -0.2) is 12.3 Å². The van der Waals surface area contributed by atoms with Crippen molar-refractivity contribution in [3.8, 4) is 5.75 Å². The number of halogens is 2. The van der Waals surface area contributed by atoms with Gasteiger partial charge in [-0.2, -0.15) is 0 Å². The van der Waals surface area contributed by atoms with Crippen molar-refractivity contribution in [1.29, 1.82) is 0 Å². The third kappa shape index (κ3) is 5.00. The van der Waals surface area contributed by atoms with Gasteiger partial charge in [0.2, 0.25) is 0 Å². The summed E-state index contributed by atoms with van der Waals surface area (Å²) >= 11 is 8.52. The topological polar surface area (TPSA) is 21.6 Å². The maximum absolute atomic E-state index is 6.25. The second kappa shape index (κ2) is 7.80. The molecular formula is C17H17ClINO. The number of hydrogen-bond acceptors (Lipinski definition) is 2. The van der Waals surface area contributed by atoms with Crippen LogP contribution in [-0.2, 0) is 0 Å². The van der Waals surface area contributed by atoms with Crippen LogP contribution in [0.5, 0.6) is 5.75 Å². The van der Waals surface area contributed by atoms with Gasteiger partial charge in [0.15, 0.2) is 0 Å². The minimum absolute atomic E-state index is 0.161. The van der Waals surface area contributed by atoms with Crippen LogP contribution in [0.2, 0.25) is 5.02 Å². The van der Waals surface area contributed by atoms with Crippen LogP contribution in [0.15, 0.2) is 47.5 Å². The van der Waals surface area contributed by atoms with Crippen LogP contribution in [0.25, 0.3) is 0 Å². The number of aliphatic imine (C=N–C) groups is 1. The zero-order valence-electron chi connectivity index (χ0n) is 12.0. The summed E-state index contributed by atoms with van der Waals surface area (Å²) in [5.41, 5.74) is 1.88. The Morgan fingerprint density at radius 1 is 1.29 bits per heavy atom. The zero-order chi connectivity index (χ0) is 15.2. The Bertz CT molecular complexity index is 642. The Kier molecular flexibility index (Phi) is 6.06. The number of ether oxygens (including phenoxy) is 1. The van der Waals surface area contributed by atoms with E-state index in [1.54, 1.807) is 0 Å². The van der Waals surface area contributed by atoms with Gasteiger partial charge >= 0.3 is 0 Å². The fourth-order valence-corrected chi connectivity index (χ4v) is 2.46. The predicted molar refractivity (Wildman–Crippen MR) is 98.2 cm³/mol. The Labute approximate surface area is 144 Å². The monoisotopic (exact) mass is 413 g/mol. The molecule has 1 atom stereocenters. The lowest BCUT2D eigenvalue weighted by Gasteiger charge is -2.13. The molecule has 0 heterocycles. The molecule has 0 aliphatic heterocycles. The molecule has 0 spiro atoms. The first-order valence-corrected chi connectivity index (χ1v) is 8.30. The molecule has 0 bridgehead atoms. The van der Waals surface area contributed by atoms with Gasteiger partial charge in [-0.25, -0.2) is 0 Å². The Morgan fingerprint density at radius 2 is 2.10 bits per heavy atom. The van der Waals surface area contributed by atoms with Gasteiger partial charge in [0.25, 0.3) is 0 Å². The smallest absolute Gasteiger partial charge is 0.138 e. The molecule has 2 aromatic carbocycles. The molecule has 0 aliphatic carbocycles. The summed E-state index contributed by atoms with van der Waals surface area (Å²) in [6.07, 6.45) is 2.92. The first kappa shape index (κ1) is 16.3. The summed E-state index contributed by atoms with van der Waals surface area (Å²) in [5, 5.41) is 0.613. The molecule has 2 nitrogen and oxygen atoms in total. The minimum Gasteiger partial charge on any atom is -0.489 e. The van der Waals surface area contributed by atoms with E-state index in [-0.39, 0.29) is 6.10 Å². The quantitative estimate of drug-likeness (QED) is 0.443. The molecule has 21 heavy (non-hydrogen) atoms. The van der Waals surface area contributed by atoms with Gasteiger partial charge in [0.1, 0.15) is 5.75 Å². The summed E-state index contributed by atoms with van der Waals surface area (Å²) in [7, 11) is 0. The first-order chi connectivity index (χ1) is 10.1. The maximum Gasteiger partial charge on any atom is 0.138 e. The van der Waals surface area contributed by atoms with Crippen molar-refractivity contribution in [3.63, 3.8) is 0 Å². The average molecular weight is 414 g/mol. The molecule has 110 valence electrons. The summed E-state index contributed by atoms with van der Waals surface area (Å²) in [6, 6.07) is 13.8. The molecule has 0 radical (unpaired) electrons. The van der Waals surface area contributed by atoms with Crippen molar-refractivity contribution >= 4 is 46.1 Å². The molecule has 0 aromatic heterocycles. The second-order valence-corrected chi connectivity index (χ2v) is 6.42. The normalized spacial score (nSPS) is 12.6. The van der Waals surface area contributed by atoms with Gasteiger partial charge in [-0.1, -0.05) is 24.6 Å². The van der Waals surface area contributed by atoms with E-state index in [2.05, 4.69) is 34.5 Å². The lowest BCUT2D eigenvalue weighted by molar-refractivity contribution is 0.217. The van der Waals surface area contributed by atoms with Crippen molar-refractivity contribution in [2.24, 2.45) is 4.99 Å². The van der Waals surface area contributed by atoms with Crippen molar-refractivity contribution in [1.82, 2.24) is 0 Å². The van der Waals surface area contributed by atoms with Gasteiger partial charge in [-0.15, -0.1) is 0 Å². The van der Waals surface area contributed by atoms with Crippen LogP contribution in [0.4, 0.5) is 5.69 Å². The zero-order valence-corrected chi connectivity index (χ0v) is 14.9. The van der Waals surface area contributed by atoms with Crippen LogP contribution in [0.3, 0.4) is 0 Å². The Hall–Kier alpha value is -1.07. The van der Waals surface area contributed by atoms with Crippen molar-refractivity contribution in [2.75, 3.05) is 0 Å². The van der Waals surface area contributed by atoms with Crippen molar-refractivity contribution in [2.45, 2.75) is 26.4 Å². The van der Waals surface area contributed by atoms with Crippen LogP contribution < -0.4 is 4.74 Å². The van der Waals surface area contributed by atoms with E-state index in [1.807, 2.05) is 55.6 Å². The van der Waals surface area contributed by atoms with Gasteiger partial charge < -0.3 is 4.74 Å². The highest BCUT2D eigenvalue weighted by molar-refractivity contribution is 14.1. The summed E-state index contributed by atoms with van der Waals surface area (Å²) < 4.78 is 6.91. The average Bonchev–Trinajstić information content (AvgIpc) is 2.47. The molecular weight excluding hydrogens is 397 g/mol. The van der Waals surface area contributed by atoms with Gasteiger partial charge in [0.05, 0.1) is 16.8 Å². The third-order valence-electron chi connectivity index (χ3n) is 3.03. The minimum atomic E-state index is 0.161. The SMILES string of the molecule is CC[C@H](C)Oc1ccc(C=Nc2cccc(I)c2)cc1Cl. The van der Waals surface area contributed by atoms with Crippen molar-refractivity contribution in [3.05, 3.63) is 56.6 Å². The lowest BCUT2D eigenvalue weighted by atomic mass is 10.2. The molecule has 0 fully saturated rings. The van der Waals surface area contributed by atoms with E-state index in [1.165, 1.54) is 0 Å². The van der Waals surface area contributed by atoms with E-state index in [9.17, 15) is 0 Å². The lowest BCUT2D eigenvalue weighted by Crippen LogP contribution is -2.09. The molecule has 0 saturated heterocycles. The summed E-state index contributed by atoms with van der Waals surface area (Å²) in [6.45, 7) is 4.11. The van der Waals surface area contributed by atoms with Gasteiger partial charge in [0, 0.05) is 9.78 Å². The van der Waals surface area contributed by atoms with Crippen LogP contribution in [0.1, 0.15) is 25.8 Å². The highest BCUT2D eigenvalue weighted by Crippen LogP contribution is 2.26. The maximum atomic E-state index is 6.25. The predicted octanol–water partition coefficient (Wildman–Crippen LogP) is 5.87. The van der Waals surface area contributed by atoms with E-state index >= 15 is 0 Å². The fraction of sp³-hybridized carbons (Fsp3) is 0.235. The number of hydrogen-bond donors (Lipinski definition) is 0. The van der Waals surface area contributed by atoms with E-state index < -0.39 is 0 Å². The molecule has 0 saturated carbocycles. The van der Waals surface area contributed by atoms with Crippen LogP contribution >= 0.6 is 34.2 Å². The molecule has 0 aliphatic rings. The Morgan fingerprint density at radius 3 is 2.76 bits per heavy atom.